The molecule has 1 saturated heterocycles. The molecule has 2 nitrogen and oxygen atoms in total. The third kappa shape index (κ3) is 5.57. The van der Waals surface area contributed by atoms with Gasteiger partial charge in [0.15, 0.2) is 0 Å². The summed E-state index contributed by atoms with van der Waals surface area (Å²) in [6.07, 6.45) is 5.18. The minimum absolute atomic E-state index is 0.366. The highest BCUT2D eigenvalue weighted by Crippen LogP contribution is 2.24. The summed E-state index contributed by atoms with van der Waals surface area (Å²) in [5.74, 6) is 0.816. The quantitative estimate of drug-likeness (QED) is 0.755. The van der Waals surface area contributed by atoms with Crippen LogP contribution in [-0.4, -0.2) is 31.6 Å². The van der Waals surface area contributed by atoms with Crippen LogP contribution < -0.4 is 5.32 Å². The lowest BCUT2D eigenvalue weighted by Gasteiger charge is -2.35. The van der Waals surface area contributed by atoms with Crippen molar-refractivity contribution >= 4 is 11.6 Å². The molecule has 1 heterocycles. The lowest BCUT2D eigenvalue weighted by Crippen LogP contribution is -2.40. The van der Waals surface area contributed by atoms with E-state index in [0.29, 0.717) is 6.04 Å². The topological polar surface area (TPSA) is 15.3 Å². The van der Waals surface area contributed by atoms with Crippen LogP contribution in [0.15, 0.2) is 54.6 Å². The fourth-order valence-corrected chi connectivity index (χ4v) is 4.01. The molecule has 0 radical (unpaired) electrons. The number of likely N-dealkylation sites (tertiary alicyclic amines) is 1. The van der Waals surface area contributed by atoms with Crippen molar-refractivity contribution in [1.29, 1.82) is 0 Å². The van der Waals surface area contributed by atoms with Crippen molar-refractivity contribution in [1.82, 2.24) is 10.2 Å². The van der Waals surface area contributed by atoms with E-state index in [4.69, 9.17) is 11.6 Å². The molecule has 2 aromatic rings. The number of hydrogen-bond acceptors (Lipinski definition) is 2. The van der Waals surface area contributed by atoms with Crippen molar-refractivity contribution in [2.75, 3.05) is 26.7 Å². The first kappa shape index (κ1) is 18.4. The highest BCUT2D eigenvalue weighted by atomic mass is 35.5. The van der Waals surface area contributed by atoms with Crippen molar-refractivity contribution in [2.45, 2.75) is 31.7 Å². The predicted molar refractivity (Wildman–Crippen MR) is 107 cm³/mol. The lowest BCUT2D eigenvalue weighted by molar-refractivity contribution is 0.155. The number of hydrogen-bond donors (Lipinski definition) is 1. The van der Waals surface area contributed by atoms with E-state index in [0.717, 1.165) is 17.5 Å². The van der Waals surface area contributed by atoms with E-state index in [9.17, 15) is 0 Å². The summed E-state index contributed by atoms with van der Waals surface area (Å²) in [4.78, 5) is 2.63. The third-order valence-electron chi connectivity index (χ3n) is 5.35. The second-order valence-electron chi connectivity index (χ2n) is 7.18. The van der Waals surface area contributed by atoms with Crippen molar-refractivity contribution in [3.8, 4) is 0 Å². The first-order valence-electron chi connectivity index (χ1n) is 9.43. The Kier molecular flexibility index (Phi) is 6.92. The van der Waals surface area contributed by atoms with Crippen LogP contribution in [0.4, 0.5) is 0 Å². The van der Waals surface area contributed by atoms with Crippen LogP contribution in [0.25, 0.3) is 0 Å². The Bertz CT molecular complexity index is 626. The molecular weight excluding hydrogens is 328 g/mol. The highest BCUT2D eigenvalue weighted by molar-refractivity contribution is 6.30. The van der Waals surface area contributed by atoms with Gasteiger partial charge in [0.1, 0.15) is 0 Å². The molecule has 0 amide bonds. The SMILES string of the molecule is CNC(CN1CCC[C@@H](CCc2ccccc2)C1)c1ccc(Cl)cc1. The van der Waals surface area contributed by atoms with Crippen LogP contribution in [0.5, 0.6) is 0 Å². The molecule has 2 atom stereocenters. The van der Waals surface area contributed by atoms with Gasteiger partial charge in [-0.15, -0.1) is 0 Å². The fourth-order valence-electron chi connectivity index (χ4n) is 3.88. The molecule has 134 valence electrons. The number of piperidine rings is 1. The van der Waals surface area contributed by atoms with E-state index in [2.05, 4.69) is 59.7 Å². The van der Waals surface area contributed by atoms with Gasteiger partial charge in [0.25, 0.3) is 0 Å². The molecule has 1 aliphatic heterocycles. The van der Waals surface area contributed by atoms with Gasteiger partial charge in [-0.05, 0) is 68.5 Å². The summed E-state index contributed by atoms with van der Waals surface area (Å²) >= 11 is 6.02. The van der Waals surface area contributed by atoms with Gasteiger partial charge in [0, 0.05) is 24.2 Å². The smallest absolute Gasteiger partial charge is 0.0446 e. The number of nitrogens with zero attached hydrogens (tertiary/aromatic N) is 1. The van der Waals surface area contributed by atoms with Gasteiger partial charge in [-0.25, -0.2) is 0 Å². The van der Waals surface area contributed by atoms with Crippen molar-refractivity contribution in [3.05, 3.63) is 70.7 Å². The second kappa shape index (κ2) is 9.38. The lowest BCUT2D eigenvalue weighted by atomic mass is 9.91. The number of likely N-dealkylation sites (N-methyl/N-ethyl adjacent to an activating group) is 1. The van der Waals surface area contributed by atoms with Gasteiger partial charge >= 0.3 is 0 Å². The number of benzene rings is 2. The summed E-state index contributed by atoms with van der Waals surface area (Å²) in [5.41, 5.74) is 2.78. The highest BCUT2D eigenvalue weighted by Gasteiger charge is 2.22. The molecule has 1 unspecified atom stereocenters. The molecule has 0 spiro atoms. The molecule has 0 aromatic heterocycles. The van der Waals surface area contributed by atoms with E-state index >= 15 is 0 Å². The largest absolute Gasteiger partial charge is 0.312 e. The van der Waals surface area contributed by atoms with Gasteiger partial charge in [-0.2, -0.15) is 0 Å². The van der Waals surface area contributed by atoms with Gasteiger partial charge in [0.05, 0.1) is 0 Å². The summed E-state index contributed by atoms with van der Waals surface area (Å²) in [5, 5.41) is 4.28. The molecule has 1 aliphatic rings. The summed E-state index contributed by atoms with van der Waals surface area (Å²) in [6, 6.07) is 19.5. The van der Waals surface area contributed by atoms with E-state index in [1.54, 1.807) is 0 Å². The Hall–Kier alpha value is -1.35. The average molecular weight is 357 g/mol. The van der Waals surface area contributed by atoms with Crippen LogP contribution in [0.1, 0.15) is 36.4 Å². The maximum Gasteiger partial charge on any atom is 0.0446 e. The molecule has 0 bridgehead atoms. The molecular formula is C22H29ClN2. The van der Waals surface area contributed by atoms with Gasteiger partial charge < -0.3 is 10.2 Å². The van der Waals surface area contributed by atoms with Crippen molar-refractivity contribution in [3.63, 3.8) is 0 Å². The standard InChI is InChI=1S/C22H29ClN2/c1-24-22(20-11-13-21(23)14-12-20)17-25-15-5-8-19(16-25)10-9-18-6-3-2-4-7-18/h2-4,6-7,11-14,19,22,24H,5,8-10,15-17H2,1H3/t19-,22?/m0/s1. The Morgan fingerprint density at radius 2 is 1.88 bits per heavy atom. The Morgan fingerprint density at radius 3 is 2.60 bits per heavy atom. The molecule has 3 rings (SSSR count). The monoisotopic (exact) mass is 356 g/mol. The van der Waals surface area contributed by atoms with E-state index in [1.165, 1.54) is 49.9 Å². The molecule has 3 heteroatoms. The Labute approximate surface area is 157 Å². The molecule has 1 N–H and O–H groups in total. The number of halogens is 1. The molecule has 0 saturated carbocycles. The van der Waals surface area contributed by atoms with E-state index in [1.807, 2.05) is 12.1 Å². The maximum atomic E-state index is 6.02. The van der Waals surface area contributed by atoms with Crippen LogP contribution in [-0.2, 0) is 6.42 Å². The van der Waals surface area contributed by atoms with E-state index in [-0.39, 0.29) is 0 Å². The zero-order valence-electron chi connectivity index (χ0n) is 15.1. The minimum Gasteiger partial charge on any atom is -0.312 e. The average Bonchev–Trinajstić information content (AvgIpc) is 2.66. The second-order valence-corrected chi connectivity index (χ2v) is 7.62. The molecule has 25 heavy (non-hydrogen) atoms. The zero-order chi connectivity index (χ0) is 17.5. The number of aryl methyl sites for hydroxylation is 1. The Balaban J connectivity index is 1.52. The number of nitrogens with one attached hydrogen (secondary N) is 1. The predicted octanol–water partition coefficient (Wildman–Crippen LogP) is 4.95. The first-order chi connectivity index (χ1) is 12.2. The fraction of sp³-hybridized carbons (Fsp3) is 0.455. The van der Waals surface area contributed by atoms with Crippen LogP contribution >= 0.6 is 11.6 Å². The van der Waals surface area contributed by atoms with Gasteiger partial charge in [0.2, 0.25) is 0 Å². The minimum atomic E-state index is 0.366. The third-order valence-corrected chi connectivity index (χ3v) is 5.60. The van der Waals surface area contributed by atoms with Crippen LogP contribution in [0.2, 0.25) is 5.02 Å². The summed E-state index contributed by atoms with van der Waals surface area (Å²) < 4.78 is 0. The van der Waals surface area contributed by atoms with Gasteiger partial charge in [-0.3, -0.25) is 0 Å². The molecule has 1 fully saturated rings. The van der Waals surface area contributed by atoms with Crippen LogP contribution in [0, 0.1) is 5.92 Å². The normalized spacial score (nSPS) is 19.7. The summed E-state index contributed by atoms with van der Waals surface area (Å²) in [6.45, 7) is 3.51. The molecule has 2 aromatic carbocycles. The first-order valence-corrected chi connectivity index (χ1v) is 9.81. The van der Waals surface area contributed by atoms with Crippen LogP contribution in [0.3, 0.4) is 0 Å². The molecule has 0 aliphatic carbocycles. The zero-order valence-corrected chi connectivity index (χ0v) is 15.9. The Morgan fingerprint density at radius 1 is 1.12 bits per heavy atom. The van der Waals surface area contributed by atoms with Crippen molar-refractivity contribution in [2.24, 2.45) is 5.92 Å². The summed E-state index contributed by atoms with van der Waals surface area (Å²) in [7, 11) is 2.05. The van der Waals surface area contributed by atoms with Crippen molar-refractivity contribution < 1.29 is 0 Å². The van der Waals surface area contributed by atoms with Gasteiger partial charge in [-0.1, -0.05) is 54.1 Å². The number of rotatable bonds is 7. The maximum absolute atomic E-state index is 6.02. The van der Waals surface area contributed by atoms with E-state index < -0.39 is 0 Å².